The summed E-state index contributed by atoms with van der Waals surface area (Å²) in [6, 6.07) is 16.8. The van der Waals surface area contributed by atoms with Gasteiger partial charge in [0.25, 0.3) is 0 Å². The Bertz CT molecular complexity index is 1310. The van der Waals surface area contributed by atoms with E-state index in [1.807, 2.05) is 54.6 Å². The average molecular weight is 611 g/mol. The average Bonchev–Trinajstić information content (AvgIpc) is 3.39. The third kappa shape index (κ3) is 6.57. The number of fused-ring (bicyclic) bond motifs is 5. The van der Waals surface area contributed by atoms with Crippen molar-refractivity contribution in [2.75, 3.05) is 0 Å². The summed E-state index contributed by atoms with van der Waals surface area (Å²) in [5, 5.41) is 0. The normalized spacial score (nSPS) is 34.8. The van der Waals surface area contributed by atoms with E-state index in [0.29, 0.717) is 27.9 Å². The first kappa shape index (κ1) is 32.5. The molecule has 9 atom stereocenters. The third-order valence-electron chi connectivity index (χ3n) is 13.7. The molecule has 3 heteroatoms. The highest BCUT2D eigenvalue weighted by molar-refractivity contribution is 6.08. The summed E-state index contributed by atoms with van der Waals surface area (Å²) in [5.41, 5.74) is 3.17. The number of carbonyl (C=O) groups is 2. The molecule has 0 saturated heterocycles. The van der Waals surface area contributed by atoms with E-state index in [9.17, 15) is 9.59 Å². The van der Waals surface area contributed by atoms with E-state index in [0.717, 1.165) is 53.9 Å². The molecule has 0 radical (unpaired) electrons. The zero-order valence-corrected chi connectivity index (χ0v) is 28.7. The second-order valence-corrected chi connectivity index (χ2v) is 16.6. The van der Waals surface area contributed by atoms with Crippen molar-refractivity contribution in [1.82, 2.24) is 0 Å². The molecular weight excluding hydrogens is 552 g/mol. The third-order valence-corrected chi connectivity index (χ3v) is 13.7. The second-order valence-electron chi connectivity index (χ2n) is 16.6. The Kier molecular flexibility index (Phi) is 9.66. The molecule has 0 unspecified atom stereocenters. The summed E-state index contributed by atoms with van der Waals surface area (Å²) in [6.07, 6.45) is 16.2. The van der Waals surface area contributed by atoms with Gasteiger partial charge in [-0.05, 0) is 116 Å². The van der Waals surface area contributed by atoms with Crippen LogP contribution in [0.3, 0.4) is 0 Å². The van der Waals surface area contributed by atoms with Crippen molar-refractivity contribution in [2.45, 2.75) is 124 Å². The number of benzene rings is 2. The predicted octanol–water partition coefficient (Wildman–Crippen LogP) is 10.5. The molecule has 244 valence electrons. The Morgan fingerprint density at radius 1 is 0.778 bits per heavy atom. The molecular formula is C42H58O3. The molecule has 0 bridgehead atoms. The fourth-order valence-electron chi connectivity index (χ4n) is 11.3. The van der Waals surface area contributed by atoms with E-state index in [-0.39, 0.29) is 24.3 Å². The SMILES string of the molecule is CC(C)CCC[C@@H](C)[C@H]1CC[C@H]2[C@@H]3CC[C@H]4C[C@H](OC(=O)Cc5ccc(C(=O)c6ccccc6)cc5)CC[C@]4(C)[C@H]3CC[C@]12C. The molecule has 4 fully saturated rings. The Morgan fingerprint density at radius 3 is 2.20 bits per heavy atom. The summed E-state index contributed by atoms with van der Waals surface area (Å²) in [7, 11) is 0. The van der Waals surface area contributed by atoms with Crippen LogP contribution in [0.25, 0.3) is 0 Å². The molecule has 0 N–H and O–H groups in total. The van der Waals surface area contributed by atoms with Crippen LogP contribution in [-0.2, 0) is 16.0 Å². The van der Waals surface area contributed by atoms with E-state index in [1.54, 1.807) is 0 Å². The van der Waals surface area contributed by atoms with Gasteiger partial charge in [0.1, 0.15) is 6.10 Å². The quantitative estimate of drug-likeness (QED) is 0.199. The molecule has 3 nitrogen and oxygen atoms in total. The molecule has 0 aliphatic heterocycles. The zero-order valence-electron chi connectivity index (χ0n) is 28.7. The summed E-state index contributed by atoms with van der Waals surface area (Å²) in [5.74, 6) is 5.80. The minimum absolute atomic E-state index is 0.00621. The minimum atomic E-state index is -0.132. The first-order chi connectivity index (χ1) is 21.6. The van der Waals surface area contributed by atoms with Crippen molar-refractivity contribution in [3.05, 3.63) is 71.3 Å². The van der Waals surface area contributed by atoms with Crippen LogP contribution in [0.15, 0.2) is 54.6 Å². The second kappa shape index (κ2) is 13.4. The van der Waals surface area contributed by atoms with Crippen LogP contribution in [0.4, 0.5) is 0 Å². The van der Waals surface area contributed by atoms with Gasteiger partial charge in [0.05, 0.1) is 6.42 Å². The van der Waals surface area contributed by atoms with Crippen molar-refractivity contribution in [2.24, 2.45) is 52.3 Å². The Balaban J connectivity index is 1.02. The van der Waals surface area contributed by atoms with Gasteiger partial charge in [-0.3, -0.25) is 9.59 Å². The van der Waals surface area contributed by atoms with Crippen LogP contribution in [-0.4, -0.2) is 17.9 Å². The lowest BCUT2D eigenvalue weighted by atomic mass is 9.44. The van der Waals surface area contributed by atoms with Crippen molar-refractivity contribution < 1.29 is 14.3 Å². The summed E-state index contributed by atoms with van der Waals surface area (Å²) >= 11 is 0. The molecule has 2 aromatic carbocycles. The maximum atomic E-state index is 13.0. The van der Waals surface area contributed by atoms with Crippen LogP contribution >= 0.6 is 0 Å². The molecule has 2 aromatic rings. The molecule has 4 aliphatic carbocycles. The number of rotatable bonds is 10. The maximum Gasteiger partial charge on any atom is 0.310 e. The number of hydrogen-bond donors (Lipinski definition) is 0. The predicted molar refractivity (Wildman–Crippen MR) is 183 cm³/mol. The van der Waals surface area contributed by atoms with Gasteiger partial charge in [-0.2, -0.15) is 0 Å². The van der Waals surface area contributed by atoms with Gasteiger partial charge < -0.3 is 4.74 Å². The molecule has 6 rings (SSSR count). The number of ether oxygens (including phenoxy) is 1. The van der Waals surface area contributed by atoms with Gasteiger partial charge in [-0.1, -0.05) is 108 Å². The summed E-state index contributed by atoms with van der Waals surface area (Å²) in [6.45, 7) is 12.6. The first-order valence-electron chi connectivity index (χ1n) is 18.5. The van der Waals surface area contributed by atoms with Crippen LogP contribution in [0.5, 0.6) is 0 Å². The lowest BCUT2D eigenvalue weighted by Crippen LogP contribution is -2.54. The zero-order chi connectivity index (χ0) is 31.8. The van der Waals surface area contributed by atoms with Crippen LogP contribution in [0, 0.1) is 52.3 Å². The van der Waals surface area contributed by atoms with Gasteiger partial charge in [0.2, 0.25) is 0 Å². The fraction of sp³-hybridized carbons (Fsp3) is 0.667. The Hall–Kier alpha value is -2.42. The van der Waals surface area contributed by atoms with E-state index in [2.05, 4.69) is 34.6 Å². The van der Waals surface area contributed by atoms with Crippen molar-refractivity contribution in [1.29, 1.82) is 0 Å². The topological polar surface area (TPSA) is 43.4 Å². The number of hydrogen-bond acceptors (Lipinski definition) is 3. The van der Waals surface area contributed by atoms with Crippen LogP contribution < -0.4 is 0 Å². The van der Waals surface area contributed by atoms with E-state index >= 15 is 0 Å². The van der Waals surface area contributed by atoms with Gasteiger partial charge in [-0.15, -0.1) is 0 Å². The molecule has 4 aliphatic rings. The number of esters is 1. The van der Waals surface area contributed by atoms with E-state index < -0.39 is 0 Å². The Labute approximate surface area is 273 Å². The standard InChI is InChI=1S/C42H58O3/c1-28(2)10-9-11-29(3)36-20-21-37-35-19-18-33-27-34(22-24-41(33,4)38(35)23-25-42(36,37)5)45-39(43)26-30-14-16-32(17-15-30)40(44)31-12-7-6-8-13-31/h6-8,12-17,28-29,33-38H,9-11,18-27H2,1-5H3/t29-,33+,34-,35+,36-,37+,38+,41+,42-/m1/s1. The lowest BCUT2D eigenvalue weighted by molar-refractivity contribution is -0.162. The van der Waals surface area contributed by atoms with E-state index in [4.69, 9.17) is 4.74 Å². The fourth-order valence-corrected chi connectivity index (χ4v) is 11.3. The minimum Gasteiger partial charge on any atom is -0.462 e. The van der Waals surface area contributed by atoms with Crippen molar-refractivity contribution in [3.8, 4) is 0 Å². The summed E-state index contributed by atoms with van der Waals surface area (Å²) in [4.78, 5) is 25.8. The maximum absolute atomic E-state index is 13.0. The lowest BCUT2D eigenvalue weighted by Gasteiger charge is -2.61. The molecule has 0 aromatic heterocycles. The monoisotopic (exact) mass is 610 g/mol. The van der Waals surface area contributed by atoms with Gasteiger partial charge in [0.15, 0.2) is 5.78 Å². The van der Waals surface area contributed by atoms with Crippen LogP contribution in [0.1, 0.15) is 133 Å². The molecule has 4 saturated carbocycles. The van der Waals surface area contributed by atoms with Crippen LogP contribution in [0.2, 0.25) is 0 Å². The first-order valence-corrected chi connectivity index (χ1v) is 18.5. The number of carbonyl (C=O) groups excluding carboxylic acids is 2. The highest BCUT2D eigenvalue weighted by Crippen LogP contribution is 2.68. The highest BCUT2D eigenvalue weighted by Gasteiger charge is 2.60. The molecule has 0 spiro atoms. The van der Waals surface area contributed by atoms with E-state index in [1.165, 1.54) is 64.2 Å². The number of ketones is 1. The van der Waals surface area contributed by atoms with Crippen molar-refractivity contribution >= 4 is 11.8 Å². The molecule has 0 heterocycles. The smallest absolute Gasteiger partial charge is 0.310 e. The van der Waals surface area contributed by atoms with Gasteiger partial charge in [0, 0.05) is 11.1 Å². The van der Waals surface area contributed by atoms with Gasteiger partial charge in [-0.25, -0.2) is 0 Å². The Morgan fingerprint density at radius 2 is 1.47 bits per heavy atom. The molecule has 45 heavy (non-hydrogen) atoms. The van der Waals surface area contributed by atoms with Crippen molar-refractivity contribution in [3.63, 3.8) is 0 Å². The van der Waals surface area contributed by atoms with Gasteiger partial charge >= 0.3 is 5.97 Å². The highest BCUT2D eigenvalue weighted by atomic mass is 16.5. The summed E-state index contributed by atoms with van der Waals surface area (Å²) < 4.78 is 6.14. The molecule has 0 amide bonds. The largest absolute Gasteiger partial charge is 0.462 e.